The smallest absolute Gasteiger partial charge is 0.236 e. The molecular formula is C7H14ClN3O. The minimum atomic E-state index is -0.372. The molecule has 0 radical (unpaired) electrons. The first-order valence-electron chi connectivity index (χ1n) is 3.98. The first-order valence-corrected chi connectivity index (χ1v) is 4.41. The Hall–Kier alpha value is -0.320. The van der Waals surface area contributed by atoms with E-state index in [9.17, 15) is 4.79 Å². The highest BCUT2D eigenvalue weighted by molar-refractivity contribution is 6.21. The Kier molecular flexibility index (Phi) is 2.93. The lowest BCUT2D eigenvalue weighted by Gasteiger charge is -2.36. The molecule has 1 saturated heterocycles. The number of amides is 1. The van der Waals surface area contributed by atoms with E-state index in [1.807, 2.05) is 13.8 Å². The molecule has 0 bridgehead atoms. The third-order valence-electron chi connectivity index (χ3n) is 2.11. The average Bonchev–Trinajstić information content (AvgIpc) is 1.96. The zero-order valence-electron chi connectivity index (χ0n) is 7.17. The van der Waals surface area contributed by atoms with Crippen LogP contribution in [0.15, 0.2) is 0 Å². The number of nitrogens with one attached hydrogen (secondary N) is 2. The number of hydrogen-bond acceptors (Lipinski definition) is 3. The van der Waals surface area contributed by atoms with Gasteiger partial charge in [-0.2, -0.15) is 0 Å². The fraction of sp³-hybridized carbons (Fsp3) is 0.857. The number of nitrogens with two attached hydrogens (primary N) is 1. The molecule has 1 fully saturated rings. The van der Waals surface area contributed by atoms with Crippen LogP contribution < -0.4 is 16.4 Å². The van der Waals surface area contributed by atoms with E-state index in [1.165, 1.54) is 0 Å². The summed E-state index contributed by atoms with van der Waals surface area (Å²) in [7, 11) is 0. The maximum Gasteiger partial charge on any atom is 0.236 e. The van der Waals surface area contributed by atoms with Crippen molar-refractivity contribution >= 4 is 17.5 Å². The maximum absolute atomic E-state index is 10.9. The first-order chi connectivity index (χ1) is 5.52. The Bertz CT molecular complexity index is 187. The van der Waals surface area contributed by atoms with E-state index >= 15 is 0 Å². The third kappa shape index (κ3) is 1.88. The van der Waals surface area contributed by atoms with E-state index in [0.29, 0.717) is 0 Å². The molecule has 1 amide bonds. The van der Waals surface area contributed by atoms with Crippen LogP contribution in [0.5, 0.6) is 0 Å². The monoisotopic (exact) mass is 191 g/mol. The Labute approximate surface area is 76.8 Å². The molecule has 0 aromatic carbocycles. The van der Waals surface area contributed by atoms with Gasteiger partial charge in [0.05, 0.1) is 5.50 Å². The van der Waals surface area contributed by atoms with Gasteiger partial charge in [0, 0.05) is 12.1 Å². The normalized spacial score (nSPS) is 42.6. The minimum absolute atomic E-state index is 0.0347. The molecule has 0 saturated carbocycles. The minimum Gasteiger partial charge on any atom is -0.368 e. The van der Waals surface area contributed by atoms with Crippen molar-refractivity contribution in [2.45, 2.75) is 37.5 Å². The lowest BCUT2D eigenvalue weighted by Crippen LogP contribution is -2.66. The highest BCUT2D eigenvalue weighted by atomic mass is 35.5. The van der Waals surface area contributed by atoms with Crippen LogP contribution in [0, 0.1) is 0 Å². The van der Waals surface area contributed by atoms with Gasteiger partial charge in [0.1, 0.15) is 6.04 Å². The van der Waals surface area contributed by atoms with Gasteiger partial charge in [-0.1, -0.05) is 0 Å². The van der Waals surface area contributed by atoms with E-state index in [0.717, 1.165) is 0 Å². The van der Waals surface area contributed by atoms with Crippen LogP contribution in [-0.4, -0.2) is 29.5 Å². The quantitative estimate of drug-likeness (QED) is 0.382. The standard InChI is InChI=1S/C7H14ClN3O/c1-3-5(7(9)12)11-6(8)4(2)10-3/h3-6,10-11H,1-2H3,(H2,9,12). The van der Waals surface area contributed by atoms with Crippen molar-refractivity contribution < 1.29 is 4.79 Å². The average molecular weight is 192 g/mol. The second-order valence-corrected chi connectivity index (χ2v) is 3.66. The highest BCUT2D eigenvalue weighted by Crippen LogP contribution is 2.09. The molecule has 4 atom stereocenters. The second-order valence-electron chi connectivity index (χ2n) is 3.19. The zero-order chi connectivity index (χ0) is 9.30. The van der Waals surface area contributed by atoms with Crippen LogP contribution in [0.1, 0.15) is 13.8 Å². The molecule has 0 spiro atoms. The molecule has 1 rings (SSSR count). The van der Waals surface area contributed by atoms with E-state index in [-0.39, 0.29) is 29.5 Å². The topological polar surface area (TPSA) is 67.1 Å². The van der Waals surface area contributed by atoms with Crippen LogP contribution >= 0.6 is 11.6 Å². The largest absolute Gasteiger partial charge is 0.368 e. The molecule has 12 heavy (non-hydrogen) atoms. The summed E-state index contributed by atoms with van der Waals surface area (Å²) in [6.07, 6.45) is 0. The number of carbonyl (C=O) groups is 1. The molecule has 0 aromatic heterocycles. The Balaban J connectivity index is 2.61. The van der Waals surface area contributed by atoms with Gasteiger partial charge < -0.3 is 11.1 Å². The summed E-state index contributed by atoms with van der Waals surface area (Å²) in [5.41, 5.74) is 4.93. The van der Waals surface area contributed by atoms with Gasteiger partial charge in [0.15, 0.2) is 0 Å². The summed E-state index contributed by atoms with van der Waals surface area (Å²) in [4.78, 5) is 10.9. The summed E-state index contributed by atoms with van der Waals surface area (Å²) in [5.74, 6) is -0.368. The van der Waals surface area contributed by atoms with Crippen LogP contribution in [0.4, 0.5) is 0 Å². The van der Waals surface area contributed by atoms with Crippen molar-refractivity contribution in [2.75, 3.05) is 0 Å². The fourth-order valence-corrected chi connectivity index (χ4v) is 1.59. The van der Waals surface area contributed by atoms with Crippen LogP contribution in [-0.2, 0) is 4.79 Å². The van der Waals surface area contributed by atoms with Crippen molar-refractivity contribution in [3.63, 3.8) is 0 Å². The summed E-state index contributed by atoms with van der Waals surface area (Å²) in [6, 6.07) is -0.187. The summed E-state index contributed by atoms with van der Waals surface area (Å²) < 4.78 is 0. The second kappa shape index (κ2) is 3.60. The zero-order valence-corrected chi connectivity index (χ0v) is 7.93. The third-order valence-corrected chi connectivity index (χ3v) is 2.61. The lowest BCUT2D eigenvalue weighted by molar-refractivity contribution is -0.121. The molecule has 1 heterocycles. The molecule has 70 valence electrons. The molecule has 4 unspecified atom stereocenters. The molecule has 0 aromatic rings. The van der Waals surface area contributed by atoms with E-state index in [4.69, 9.17) is 17.3 Å². The van der Waals surface area contributed by atoms with Crippen molar-refractivity contribution in [2.24, 2.45) is 5.73 Å². The summed E-state index contributed by atoms with van der Waals surface area (Å²) in [6.45, 7) is 3.86. The Morgan fingerprint density at radius 2 is 1.92 bits per heavy atom. The van der Waals surface area contributed by atoms with Crippen LogP contribution in [0.25, 0.3) is 0 Å². The number of hydrogen-bond donors (Lipinski definition) is 3. The predicted molar refractivity (Wildman–Crippen MR) is 47.8 cm³/mol. The van der Waals surface area contributed by atoms with Gasteiger partial charge in [-0.25, -0.2) is 0 Å². The van der Waals surface area contributed by atoms with E-state index in [2.05, 4.69) is 10.6 Å². The van der Waals surface area contributed by atoms with Gasteiger partial charge in [0.25, 0.3) is 0 Å². The summed E-state index contributed by atoms with van der Waals surface area (Å²) in [5, 5.41) is 6.11. The van der Waals surface area contributed by atoms with Crippen molar-refractivity contribution in [3.8, 4) is 0 Å². The molecule has 1 aliphatic heterocycles. The predicted octanol–water partition coefficient (Wildman–Crippen LogP) is -0.625. The number of carbonyl (C=O) groups excluding carboxylic acids is 1. The van der Waals surface area contributed by atoms with Gasteiger partial charge >= 0.3 is 0 Å². The van der Waals surface area contributed by atoms with Crippen LogP contribution in [0.3, 0.4) is 0 Å². The van der Waals surface area contributed by atoms with Gasteiger partial charge in [-0.05, 0) is 13.8 Å². The maximum atomic E-state index is 10.9. The van der Waals surface area contributed by atoms with Crippen LogP contribution in [0.2, 0.25) is 0 Å². The number of alkyl halides is 1. The number of rotatable bonds is 1. The molecule has 4 nitrogen and oxygen atoms in total. The Morgan fingerprint density at radius 3 is 2.42 bits per heavy atom. The van der Waals surface area contributed by atoms with Crippen molar-refractivity contribution in [3.05, 3.63) is 0 Å². The van der Waals surface area contributed by atoms with Crippen molar-refractivity contribution in [1.82, 2.24) is 10.6 Å². The van der Waals surface area contributed by atoms with Gasteiger partial charge in [0.2, 0.25) is 5.91 Å². The highest BCUT2D eigenvalue weighted by Gasteiger charge is 2.33. The van der Waals surface area contributed by atoms with Gasteiger partial charge in [-0.15, -0.1) is 11.6 Å². The van der Waals surface area contributed by atoms with Gasteiger partial charge in [-0.3, -0.25) is 10.1 Å². The molecule has 0 aliphatic carbocycles. The number of halogens is 1. The lowest BCUT2D eigenvalue weighted by atomic mass is 10.0. The molecule has 1 aliphatic rings. The fourth-order valence-electron chi connectivity index (χ4n) is 1.38. The van der Waals surface area contributed by atoms with E-state index in [1.54, 1.807) is 0 Å². The van der Waals surface area contributed by atoms with E-state index < -0.39 is 0 Å². The van der Waals surface area contributed by atoms with Crippen molar-refractivity contribution in [1.29, 1.82) is 0 Å². The summed E-state index contributed by atoms with van der Waals surface area (Å²) >= 11 is 5.89. The number of primary amides is 1. The first kappa shape index (κ1) is 9.77. The SMILES string of the molecule is CC1NC(C)C(C(N)=O)NC1Cl. The number of piperazine rings is 1. The Morgan fingerprint density at radius 1 is 1.33 bits per heavy atom. The molecular weight excluding hydrogens is 178 g/mol. The molecule has 5 heteroatoms. The molecule has 4 N–H and O–H groups in total.